The van der Waals surface area contributed by atoms with E-state index >= 15 is 0 Å². The lowest BCUT2D eigenvalue weighted by Gasteiger charge is -2.06. The second kappa shape index (κ2) is 8.70. The van der Waals surface area contributed by atoms with Crippen LogP contribution in [0, 0.1) is 11.3 Å². The Morgan fingerprint density at radius 3 is 2.58 bits per heavy atom. The smallest absolute Gasteiger partial charge is 0.266 e. The summed E-state index contributed by atoms with van der Waals surface area (Å²) in [4.78, 5) is 12.3. The van der Waals surface area contributed by atoms with Gasteiger partial charge in [-0.25, -0.2) is 0 Å². The number of carbonyl (C=O) groups is 1. The number of nitrogens with one attached hydrogen (secondary N) is 1. The molecule has 2 rings (SSSR count). The van der Waals surface area contributed by atoms with Gasteiger partial charge in [0, 0.05) is 4.47 Å². The van der Waals surface area contributed by atoms with E-state index in [1.54, 1.807) is 42.5 Å². The molecule has 0 aliphatic heterocycles. The SMILES string of the molecule is C=CCOc1ccc(/C=C(\C#N)C(=O)Nc2ccccc2Br)cc1. The Morgan fingerprint density at radius 1 is 1.25 bits per heavy atom. The summed E-state index contributed by atoms with van der Waals surface area (Å²) >= 11 is 3.35. The number of halogens is 1. The van der Waals surface area contributed by atoms with E-state index in [-0.39, 0.29) is 5.57 Å². The van der Waals surface area contributed by atoms with Crippen LogP contribution >= 0.6 is 15.9 Å². The molecule has 0 fully saturated rings. The van der Waals surface area contributed by atoms with Crippen molar-refractivity contribution in [3.8, 4) is 11.8 Å². The van der Waals surface area contributed by atoms with Crippen molar-refractivity contribution in [1.29, 1.82) is 5.26 Å². The molecule has 2 aromatic rings. The van der Waals surface area contributed by atoms with Crippen LogP contribution in [0.15, 0.2) is 71.2 Å². The van der Waals surface area contributed by atoms with Gasteiger partial charge < -0.3 is 10.1 Å². The van der Waals surface area contributed by atoms with E-state index in [4.69, 9.17) is 4.74 Å². The van der Waals surface area contributed by atoms with Crippen molar-refractivity contribution in [2.75, 3.05) is 11.9 Å². The molecule has 0 atom stereocenters. The second-order valence-electron chi connectivity index (χ2n) is 4.77. The number of benzene rings is 2. The second-order valence-corrected chi connectivity index (χ2v) is 5.63. The van der Waals surface area contributed by atoms with E-state index in [2.05, 4.69) is 27.8 Å². The number of nitriles is 1. The third-order valence-electron chi connectivity index (χ3n) is 3.05. The van der Waals surface area contributed by atoms with Gasteiger partial charge in [-0.05, 0) is 51.8 Å². The number of rotatable bonds is 6. The van der Waals surface area contributed by atoms with Gasteiger partial charge in [-0.1, -0.05) is 36.9 Å². The monoisotopic (exact) mass is 382 g/mol. The molecule has 1 amide bonds. The highest BCUT2D eigenvalue weighted by Crippen LogP contribution is 2.22. The third kappa shape index (κ3) is 4.83. The molecule has 0 aliphatic carbocycles. The van der Waals surface area contributed by atoms with Gasteiger partial charge in [0.2, 0.25) is 0 Å². The number of hydrogen-bond donors (Lipinski definition) is 1. The predicted molar refractivity (Wildman–Crippen MR) is 98.5 cm³/mol. The first-order valence-electron chi connectivity index (χ1n) is 7.15. The summed E-state index contributed by atoms with van der Waals surface area (Å²) in [6.07, 6.45) is 3.19. The first-order chi connectivity index (χ1) is 11.6. The number of hydrogen-bond acceptors (Lipinski definition) is 3. The van der Waals surface area contributed by atoms with Gasteiger partial charge in [-0.3, -0.25) is 4.79 Å². The molecule has 24 heavy (non-hydrogen) atoms. The summed E-state index contributed by atoms with van der Waals surface area (Å²) in [5.74, 6) is 0.236. The van der Waals surface area contributed by atoms with Crippen LogP contribution in [-0.2, 0) is 4.79 Å². The molecule has 0 aliphatic rings. The molecule has 5 heteroatoms. The van der Waals surface area contributed by atoms with Crippen LogP contribution in [0.1, 0.15) is 5.56 Å². The van der Waals surface area contributed by atoms with Crippen LogP contribution in [0.5, 0.6) is 5.75 Å². The van der Waals surface area contributed by atoms with Crippen molar-refractivity contribution in [2.45, 2.75) is 0 Å². The van der Waals surface area contributed by atoms with E-state index in [1.807, 2.05) is 18.2 Å². The largest absolute Gasteiger partial charge is 0.490 e. The number of para-hydroxylation sites is 1. The summed E-state index contributed by atoms with van der Waals surface area (Å²) in [6.45, 7) is 4.01. The first-order valence-corrected chi connectivity index (χ1v) is 7.95. The molecule has 0 saturated carbocycles. The van der Waals surface area contributed by atoms with Crippen LogP contribution < -0.4 is 10.1 Å². The van der Waals surface area contributed by atoms with Crippen molar-refractivity contribution in [3.05, 3.63) is 76.8 Å². The van der Waals surface area contributed by atoms with Gasteiger partial charge in [-0.2, -0.15) is 5.26 Å². The fraction of sp³-hybridized carbons (Fsp3) is 0.0526. The van der Waals surface area contributed by atoms with Crippen molar-refractivity contribution in [3.63, 3.8) is 0 Å². The molecule has 0 saturated heterocycles. The minimum absolute atomic E-state index is 0.0190. The maximum atomic E-state index is 12.3. The number of anilines is 1. The predicted octanol–water partition coefficient (Wildman–Crippen LogP) is 4.56. The molecule has 4 nitrogen and oxygen atoms in total. The number of carbonyl (C=O) groups excluding carboxylic acids is 1. The van der Waals surface area contributed by atoms with Crippen LogP contribution in [0.4, 0.5) is 5.69 Å². The standard InChI is InChI=1S/C19H15BrN2O2/c1-2-11-24-16-9-7-14(8-10-16)12-15(13-21)19(23)22-18-6-4-3-5-17(18)20/h2-10,12H,1,11H2,(H,22,23)/b15-12+. The highest BCUT2D eigenvalue weighted by Gasteiger charge is 2.11. The highest BCUT2D eigenvalue weighted by atomic mass is 79.9. The average Bonchev–Trinajstić information content (AvgIpc) is 2.60. The van der Waals surface area contributed by atoms with E-state index in [9.17, 15) is 10.1 Å². The number of amides is 1. The maximum absolute atomic E-state index is 12.3. The molecule has 0 aromatic heterocycles. The van der Waals surface area contributed by atoms with E-state index in [0.717, 1.165) is 10.0 Å². The van der Waals surface area contributed by atoms with Crippen molar-refractivity contribution >= 4 is 33.6 Å². The normalized spacial score (nSPS) is 10.6. The Hall–Kier alpha value is -2.84. The molecular weight excluding hydrogens is 368 g/mol. The highest BCUT2D eigenvalue weighted by molar-refractivity contribution is 9.10. The van der Waals surface area contributed by atoms with Crippen LogP contribution in [0.3, 0.4) is 0 Å². The topological polar surface area (TPSA) is 62.1 Å². The minimum Gasteiger partial charge on any atom is -0.490 e. The summed E-state index contributed by atoms with van der Waals surface area (Å²) in [5.41, 5.74) is 1.36. The van der Waals surface area contributed by atoms with Crippen molar-refractivity contribution < 1.29 is 9.53 Å². The van der Waals surface area contributed by atoms with Gasteiger partial charge in [0.15, 0.2) is 0 Å². The van der Waals surface area contributed by atoms with Gasteiger partial charge >= 0.3 is 0 Å². The molecule has 0 heterocycles. The fourth-order valence-corrected chi connectivity index (χ4v) is 2.27. The molecule has 0 spiro atoms. The van der Waals surface area contributed by atoms with Crippen molar-refractivity contribution in [1.82, 2.24) is 0 Å². The molecule has 0 bridgehead atoms. The van der Waals surface area contributed by atoms with Gasteiger partial charge in [0.1, 0.15) is 24.0 Å². The Bertz CT molecular complexity index is 805. The Labute approximate surface area is 149 Å². The Morgan fingerprint density at radius 2 is 1.96 bits per heavy atom. The molecule has 2 aromatic carbocycles. The van der Waals surface area contributed by atoms with E-state index in [0.29, 0.717) is 18.0 Å². The summed E-state index contributed by atoms with van der Waals surface area (Å²) in [5, 5.41) is 12.0. The lowest BCUT2D eigenvalue weighted by atomic mass is 10.1. The molecule has 0 radical (unpaired) electrons. The van der Waals surface area contributed by atoms with Gasteiger partial charge in [0.25, 0.3) is 5.91 Å². The first kappa shape index (κ1) is 17.5. The summed E-state index contributed by atoms with van der Waals surface area (Å²) in [7, 11) is 0. The number of ether oxygens (including phenoxy) is 1. The maximum Gasteiger partial charge on any atom is 0.266 e. The van der Waals surface area contributed by atoms with Crippen LogP contribution in [0.25, 0.3) is 6.08 Å². The van der Waals surface area contributed by atoms with Crippen molar-refractivity contribution in [2.24, 2.45) is 0 Å². The van der Waals surface area contributed by atoms with Gasteiger partial charge in [0.05, 0.1) is 5.69 Å². The van der Waals surface area contributed by atoms with E-state index in [1.165, 1.54) is 6.08 Å². The molecular formula is C19H15BrN2O2. The van der Waals surface area contributed by atoms with E-state index < -0.39 is 5.91 Å². The summed E-state index contributed by atoms with van der Waals surface area (Å²) in [6, 6.07) is 16.2. The quantitative estimate of drug-likeness (QED) is 0.452. The lowest BCUT2D eigenvalue weighted by molar-refractivity contribution is -0.112. The Kier molecular flexibility index (Phi) is 6.35. The third-order valence-corrected chi connectivity index (χ3v) is 3.74. The fourth-order valence-electron chi connectivity index (χ4n) is 1.88. The molecule has 1 N–H and O–H groups in total. The molecule has 0 unspecified atom stereocenters. The Balaban J connectivity index is 2.13. The number of nitrogens with zero attached hydrogens (tertiary/aromatic N) is 1. The zero-order chi connectivity index (χ0) is 17.4. The van der Waals surface area contributed by atoms with Crippen LogP contribution in [0.2, 0.25) is 0 Å². The zero-order valence-electron chi connectivity index (χ0n) is 12.8. The van der Waals surface area contributed by atoms with Crippen LogP contribution in [-0.4, -0.2) is 12.5 Å². The zero-order valence-corrected chi connectivity index (χ0v) is 14.4. The van der Waals surface area contributed by atoms with Gasteiger partial charge in [-0.15, -0.1) is 0 Å². The lowest BCUT2D eigenvalue weighted by Crippen LogP contribution is -2.13. The average molecular weight is 383 g/mol. The summed E-state index contributed by atoms with van der Waals surface area (Å²) < 4.78 is 6.14. The minimum atomic E-state index is -0.462. The molecule has 120 valence electrons.